The van der Waals surface area contributed by atoms with Gasteiger partial charge in [-0.3, -0.25) is 0 Å². The molecule has 0 saturated heterocycles. The van der Waals surface area contributed by atoms with E-state index in [0.29, 0.717) is 11.0 Å². The van der Waals surface area contributed by atoms with Crippen LogP contribution in [0.25, 0.3) is 0 Å². The Bertz CT molecular complexity index is 733. The van der Waals surface area contributed by atoms with Crippen molar-refractivity contribution in [1.82, 2.24) is 4.98 Å². The zero-order valence-electron chi connectivity index (χ0n) is 13.7. The molecule has 3 nitrogen and oxygen atoms in total. The molecule has 0 amide bonds. The van der Waals surface area contributed by atoms with Crippen LogP contribution >= 0.6 is 0 Å². The molecular weight excluding hydrogens is 186 g/mol. The molecule has 1 aromatic heterocycles. The number of hydrogen-bond acceptors (Lipinski definition) is 3. The molecule has 74 valence electrons. The molecule has 0 aliphatic carbocycles. The lowest BCUT2D eigenvalue weighted by molar-refractivity contribution is 1.17. The number of fused-ring (bicyclic) bond motifs is 2. The molecule has 2 N–H and O–H groups in total. The monoisotopic (exact) mass is 203 g/mol. The summed E-state index contributed by atoms with van der Waals surface area (Å²) in [5.74, 6) is 0.0322. The topological polar surface area (TPSA) is 37.0 Å². The third-order valence-electron chi connectivity index (χ3n) is 2.10. The molecule has 15 heavy (non-hydrogen) atoms. The van der Waals surface area contributed by atoms with E-state index in [4.69, 9.17) is 8.27 Å². The van der Waals surface area contributed by atoms with E-state index < -0.39 is 18.6 Å². The van der Waals surface area contributed by atoms with Crippen LogP contribution in [-0.4, -0.2) is 4.98 Å². The molecule has 0 bridgehead atoms. The van der Waals surface area contributed by atoms with E-state index in [1.165, 1.54) is 0 Å². The highest BCUT2D eigenvalue weighted by atomic mass is 15.1. The van der Waals surface area contributed by atoms with Crippen molar-refractivity contribution in [2.24, 2.45) is 0 Å². The van der Waals surface area contributed by atoms with Crippen molar-refractivity contribution in [3.63, 3.8) is 0 Å². The number of nitrogens with zero attached hydrogens (tertiary/aromatic N) is 1. The van der Waals surface area contributed by atoms with Gasteiger partial charge in [-0.25, -0.2) is 4.98 Å². The Morgan fingerprint density at radius 3 is 3.33 bits per heavy atom. The third kappa shape index (κ3) is 1.42. The van der Waals surface area contributed by atoms with Crippen LogP contribution < -0.4 is 10.6 Å². The highest BCUT2D eigenvalue weighted by Gasteiger charge is 2.10. The molecule has 0 atom stereocenters. The van der Waals surface area contributed by atoms with Gasteiger partial charge in [0.25, 0.3) is 0 Å². The second-order valence-electron chi connectivity index (χ2n) is 3.07. The molecule has 3 rings (SSSR count). The fourth-order valence-corrected chi connectivity index (χ4v) is 1.38. The molecule has 1 aromatic carbocycles. The number of pyridine rings is 1. The van der Waals surface area contributed by atoms with Crippen molar-refractivity contribution in [3.8, 4) is 0 Å². The average molecular weight is 203 g/mol. The van der Waals surface area contributed by atoms with Crippen LogP contribution in [0.15, 0.2) is 42.5 Å². The summed E-state index contributed by atoms with van der Waals surface area (Å²) in [5.41, 5.74) is 0.496. The summed E-state index contributed by atoms with van der Waals surface area (Å²) in [6.07, 6.45) is -0.389. The number of benzene rings is 1. The van der Waals surface area contributed by atoms with Crippen LogP contribution in [-0.2, 0) is 6.50 Å². The predicted molar refractivity (Wildman–Crippen MR) is 61.3 cm³/mol. The van der Waals surface area contributed by atoms with Gasteiger partial charge < -0.3 is 10.6 Å². The van der Waals surface area contributed by atoms with E-state index in [9.17, 15) is 0 Å². The van der Waals surface area contributed by atoms with Crippen molar-refractivity contribution in [1.29, 1.82) is 0 Å². The SMILES string of the molecule is [2H]c1nc2c(c([2H])c1[2H])N([2H])C([2H])([2H])c1ccccc1N2. The molecule has 0 spiro atoms. The fraction of sp³-hybridized carbons (Fsp3) is 0.0833. The Kier molecular flexibility index (Phi) is 0.923. The van der Waals surface area contributed by atoms with Gasteiger partial charge in [0, 0.05) is 18.4 Å². The van der Waals surface area contributed by atoms with Crippen molar-refractivity contribution < 1.29 is 8.27 Å². The summed E-state index contributed by atoms with van der Waals surface area (Å²) in [5, 5.41) is 3.40. The highest BCUT2D eigenvalue weighted by Crippen LogP contribution is 2.29. The van der Waals surface area contributed by atoms with Crippen LogP contribution in [0.2, 0.25) is 1.41 Å². The Morgan fingerprint density at radius 2 is 2.33 bits per heavy atom. The molecule has 3 heteroatoms. The number of anilines is 3. The zero-order valence-corrected chi connectivity index (χ0v) is 7.70. The molecular formula is C12H11N3. The zero-order chi connectivity index (χ0) is 15.4. The first-order chi connectivity index (χ1) is 9.84. The van der Waals surface area contributed by atoms with Crippen molar-refractivity contribution in [3.05, 3.63) is 48.1 Å². The van der Waals surface area contributed by atoms with Gasteiger partial charge in [-0.15, -0.1) is 0 Å². The van der Waals surface area contributed by atoms with Crippen LogP contribution in [0.4, 0.5) is 17.2 Å². The van der Waals surface area contributed by atoms with Crippen LogP contribution in [0, 0.1) is 0 Å². The molecule has 1 aliphatic rings. The first-order valence-electron chi connectivity index (χ1n) is 7.42. The second kappa shape index (κ2) is 3.28. The summed E-state index contributed by atoms with van der Waals surface area (Å²) in [4.78, 5) is 3.87. The molecule has 0 radical (unpaired) electrons. The first kappa shape index (κ1) is 4.23. The van der Waals surface area contributed by atoms with Gasteiger partial charge >= 0.3 is 0 Å². The first-order valence-corrected chi connectivity index (χ1v) is 4.47. The maximum atomic E-state index is 8.15. The van der Waals surface area contributed by atoms with Gasteiger partial charge in [-0.2, -0.15) is 0 Å². The predicted octanol–water partition coefficient (Wildman–Crippen LogP) is 2.75. The van der Waals surface area contributed by atoms with Crippen LogP contribution in [0.3, 0.4) is 0 Å². The van der Waals surface area contributed by atoms with Crippen molar-refractivity contribution in [2.75, 3.05) is 10.6 Å². The number of para-hydroxylation sites is 1. The fourth-order valence-electron chi connectivity index (χ4n) is 1.38. The summed E-state index contributed by atoms with van der Waals surface area (Å²) in [7, 11) is 0. The van der Waals surface area contributed by atoms with Gasteiger partial charge in [-0.05, 0) is 23.7 Å². The molecule has 2 aromatic rings. The normalized spacial score (nSPS) is 22.5. The van der Waals surface area contributed by atoms with E-state index in [1.54, 1.807) is 24.3 Å². The highest BCUT2D eigenvalue weighted by molar-refractivity contribution is 5.74. The molecule has 0 saturated carbocycles. The van der Waals surface area contributed by atoms with E-state index in [1.807, 2.05) is 0 Å². The number of rotatable bonds is 0. The van der Waals surface area contributed by atoms with Crippen LogP contribution in [0.5, 0.6) is 0 Å². The second-order valence-corrected chi connectivity index (χ2v) is 3.07. The summed E-state index contributed by atoms with van der Waals surface area (Å²) in [6.45, 7) is -2.19. The van der Waals surface area contributed by atoms with Gasteiger partial charge in [0.2, 0.25) is 0 Å². The lowest BCUT2D eigenvalue weighted by Gasteiger charge is -2.06. The smallest absolute Gasteiger partial charge is 0.161 e. The van der Waals surface area contributed by atoms with Gasteiger partial charge in [0.15, 0.2) is 7.23 Å². The summed E-state index contributed by atoms with van der Waals surface area (Å²) >= 11 is 0. The van der Waals surface area contributed by atoms with E-state index >= 15 is 0 Å². The Balaban J connectivity index is 2.34. The lowest BCUT2D eigenvalue weighted by atomic mass is 10.2. The Morgan fingerprint density at radius 1 is 1.40 bits per heavy atom. The van der Waals surface area contributed by atoms with E-state index in [0.717, 1.165) is 0 Å². The number of hydrogen-bond donors (Lipinski definition) is 2. The quantitative estimate of drug-likeness (QED) is 0.691. The Hall–Kier alpha value is -2.03. The van der Waals surface area contributed by atoms with Gasteiger partial charge in [-0.1, -0.05) is 18.2 Å². The number of aromatic nitrogens is 1. The van der Waals surface area contributed by atoms with Gasteiger partial charge in [0.1, 0.15) is 0 Å². The average Bonchev–Trinajstić information content (AvgIpc) is 2.52. The number of nitrogens with one attached hydrogen (secondary N) is 2. The standard InChI is InChI=1S/C12H11N3/c1-2-5-10-9(4-1)8-14-11-6-3-7-13-12(11)15-10/h1-7,14H,8H2,(H,13,15)/i3D,6D,7D,8D2/hD. The summed E-state index contributed by atoms with van der Waals surface area (Å²) in [6, 6.07) is 5.72. The minimum absolute atomic E-state index is 0.0322. The van der Waals surface area contributed by atoms with E-state index in [2.05, 4.69) is 10.3 Å². The molecule has 2 heterocycles. The van der Waals surface area contributed by atoms with Crippen LogP contribution in [0.1, 0.15) is 12.4 Å². The molecule has 0 fully saturated rings. The minimum Gasteiger partial charge on any atom is -0.378 e. The molecule has 0 unspecified atom stereocenters. The minimum atomic E-state index is -2.19. The molecule has 1 aliphatic heterocycles. The Labute approximate surface area is 96.7 Å². The van der Waals surface area contributed by atoms with Crippen molar-refractivity contribution in [2.45, 2.75) is 6.50 Å². The van der Waals surface area contributed by atoms with Gasteiger partial charge in [0.05, 0.1) is 12.5 Å². The lowest BCUT2D eigenvalue weighted by Crippen LogP contribution is -1.97. The largest absolute Gasteiger partial charge is 0.378 e. The summed E-state index contributed by atoms with van der Waals surface area (Å²) < 4.78 is 47.5. The third-order valence-corrected chi connectivity index (χ3v) is 2.10. The maximum absolute atomic E-state index is 8.15. The van der Waals surface area contributed by atoms with E-state index in [-0.39, 0.29) is 23.2 Å². The maximum Gasteiger partial charge on any atom is 0.161 e. The van der Waals surface area contributed by atoms with Crippen molar-refractivity contribution >= 4 is 17.2 Å².